The third-order valence-electron chi connectivity index (χ3n) is 5.71. The predicted molar refractivity (Wildman–Crippen MR) is 121 cm³/mol. The van der Waals surface area contributed by atoms with Crippen molar-refractivity contribution in [3.8, 4) is 11.5 Å². The molecule has 3 rings (SSSR count). The molecule has 1 fully saturated rings. The van der Waals surface area contributed by atoms with Gasteiger partial charge in [0, 0.05) is 31.1 Å². The van der Waals surface area contributed by atoms with Crippen LogP contribution >= 0.6 is 0 Å². The van der Waals surface area contributed by atoms with Crippen LogP contribution in [-0.4, -0.2) is 55.7 Å². The third-order valence-corrected chi connectivity index (χ3v) is 5.71. The van der Waals surface area contributed by atoms with Crippen LogP contribution in [-0.2, 0) is 11.2 Å². The Morgan fingerprint density at radius 2 is 1.74 bits per heavy atom. The maximum absolute atomic E-state index is 12.6. The first-order chi connectivity index (χ1) is 16.1. The molecule has 0 unspecified atom stereocenters. The van der Waals surface area contributed by atoms with Gasteiger partial charge in [0.25, 0.3) is 5.91 Å². The molecule has 0 saturated carbocycles. The van der Waals surface area contributed by atoms with Gasteiger partial charge in [0.1, 0.15) is 0 Å². The van der Waals surface area contributed by atoms with Gasteiger partial charge in [-0.1, -0.05) is 23.8 Å². The van der Waals surface area contributed by atoms with Crippen molar-refractivity contribution in [1.82, 2.24) is 10.2 Å². The Kier molecular flexibility index (Phi) is 8.41. The van der Waals surface area contributed by atoms with E-state index < -0.39 is 12.8 Å². The summed E-state index contributed by atoms with van der Waals surface area (Å²) >= 11 is 0. The van der Waals surface area contributed by atoms with Crippen molar-refractivity contribution in [3.05, 3.63) is 59.2 Å². The molecule has 1 aliphatic rings. The largest absolute Gasteiger partial charge is 0.493 e. The van der Waals surface area contributed by atoms with Gasteiger partial charge in [-0.2, -0.15) is 13.2 Å². The average Bonchev–Trinajstić information content (AvgIpc) is 2.81. The average molecular weight is 479 g/mol. The Labute approximate surface area is 197 Å². The van der Waals surface area contributed by atoms with E-state index in [0.717, 1.165) is 11.1 Å². The Morgan fingerprint density at radius 3 is 2.35 bits per heavy atom. The molecule has 6 nitrogen and oxygen atoms in total. The number of hydrogen-bond donors (Lipinski definition) is 1. The summed E-state index contributed by atoms with van der Waals surface area (Å²) in [4.78, 5) is 26.9. The summed E-state index contributed by atoms with van der Waals surface area (Å²) in [5.74, 6) is 0.0776. The molecule has 0 spiro atoms. The Hall–Kier alpha value is -3.23. The monoisotopic (exact) mass is 478 g/mol. The molecule has 0 radical (unpaired) electrons. The highest BCUT2D eigenvalue weighted by molar-refractivity contribution is 5.94. The van der Waals surface area contributed by atoms with Gasteiger partial charge in [-0.3, -0.25) is 9.59 Å². The third kappa shape index (κ3) is 7.40. The van der Waals surface area contributed by atoms with Crippen LogP contribution in [0.25, 0.3) is 0 Å². The summed E-state index contributed by atoms with van der Waals surface area (Å²) in [5.41, 5.74) is 2.52. The zero-order valence-corrected chi connectivity index (χ0v) is 19.3. The Balaban J connectivity index is 1.44. The highest BCUT2D eigenvalue weighted by Crippen LogP contribution is 2.30. The molecule has 9 heteroatoms. The van der Waals surface area contributed by atoms with E-state index in [1.807, 2.05) is 36.1 Å². The standard InChI is InChI=1S/C25H29F3N2O4/c1-17-3-7-19(8-4-17)24(32)30-13-11-20(12-14-30)29-23(31)10-6-18-5-9-21(22(15-18)33-2)34-16-25(26,27)28/h3-5,7-9,15,20H,6,10-14,16H2,1-2H3,(H,29,31). The number of likely N-dealkylation sites (tertiary alicyclic amines) is 1. The number of alkyl halides is 3. The molecule has 0 aromatic heterocycles. The van der Waals surface area contributed by atoms with E-state index in [0.29, 0.717) is 37.9 Å². The van der Waals surface area contributed by atoms with E-state index in [1.165, 1.54) is 13.2 Å². The summed E-state index contributed by atoms with van der Waals surface area (Å²) < 4.78 is 47.0. The van der Waals surface area contributed by atoms with E-state index in [2.05, 4.69) is 5.32 Å². The predicted octanol–water partition coefficient (Wildman–Crippen LogP) is 4.30. The number of nitrogens with one attached hydrogen (secondary N) is 1. The fourth-order valence-corrected chi connectivity index (χ4v) is 3.81. The zero-order chi connectivity index (χ0) is 24.7. The maximum Gasteiger partial charge on any atom is 0.422 e. The number of carbonyl (C=O) groups is 2. The van der Waals surface area contributed by atoms with E-state index in [9.17, 15) is 22.8 Å². The quantitative estimate of drug-likeness (QED) is 0.615. The number of carbonyl (C=O) groups excluding carboxylic acids is 2. The fourth-order valence-electron chi connectivity index (χ4n) is 3.81. The highest BCUT2D eigenvalue weighted by atomic mass is 19.4. The second-order valence-electron chi connectivity index (χ2n) is 8.39. The molecule has 0 atom stereocenters. The van der Waals surface area contributed by atoms with Gasteiger partial charge < -0.3 is 19.7 Å². The van der Waals surface area contributed by atoms with E-state index >= 15 is 0 Å². The first kappa shape index (κ1) is 25.4. The number of halogens is 3. The van der Waals surface area contributed by atoms with Crippen LogP contribution in [0.3, 0.4) is 0 Å². The SMILES string of the molecule is COc1cc(CCC(=O)NC2CCN(C(=O)c3ccc(C)cc3)CC2)ccc1OCC(F)(F)F. The van der Waals surface area contributed by atoms with Crippen LogP contribution in [0.2, 0.25) is 0 Å². The first-order valence-electron chi connectivity index (χ1n) is 11.2. The van der Waals surface area contributed by atoms with Crippen molar-refractivity contribution in [3.63, 3.8) is 0 Å². The number of rotatable bonds is 8. The molecule has 0 aliphatic carbocycles. The number of ether oxygens (including phenoxy) is 2. The van der Waals surface area contributed by atoms with Crippen LogP contribution in [0.4, 0.5) is 13.2 Å². The van der Waals surface area contributed by atoms with Gasteiger partial charge >= 0.3 is 6.18 Å². The van der Waals surface area contributed by atoms with Crippen molar-refractivity contribution >= 4 is 11.8 Å². The second-order valence-corrected chi connectivity index (χ2v) is 8.39. The summed E-state index contributed by atoms with van der Waals surface area (Å²) in [5, 5.41) is 3.01. The van der Waals surface area contributed by atoms with Crippen LogP contribution in [0.1, 0.15) is 40.7 Å². The lowest BCUT2D eigenvalue weighted by Gasteiger charge is -2.32. The van der Waals surface area contributed by atoms with Crippen LogP contribution in [0.15, 0.2) is 42.5 Å². The maximum atomic E-state index is 12.6. The van der Waals surface area contributed by atoms with Gasteiger partial charge in [0.2, 0.25) is 5.91 Å². The Bertz CT molecular complexity index is 985. The van der Waals surface area contributed by atoms with E-state index in [1.54, 1.807) is 12.1 Å². The minimum absolute atomic E-state index is 0.0000271. The molecule has 1 saturated heterocycles. The van der Waals surface area contributed by atoms with E-state index in [-0.39, 0.29) is 35.8 Å². The van der Waals surface area contributed by atoms with Gasteiger partial charge in [-0.05, 0) is 56.0 Å². The summed E-state index contributed by atoms with van der Waals surface area (Å²) in [6.45, 7) is 1.73. The van der Waals surface area contributed by atoms with Gasteiger partial charge in [-0.25, -0.2) is 0 Å². The lowest BCUT2D eigenvalue weighted by atomic mass is 10.0. The van der Waals surface area contributed by atoms with Crippen molar-refractivity contribution in [2.24, 2.45) is 0 Å². The van der Waals surface area contributed by atoms with Crippen molar-refractivity contribution in [2.75, 3.05) is 26.8 Å². The molecule has 1 heterocycles. The minimum atomic E-state index is -4.44. The first-order valence-corrected chi connectivity index (χ1v) is 11.2. The minimum Gasteiger partial charge on any atom is -0.493 e. The number of benzene rings is 2. The number of methoxy groups -OCH3 is 1. The topological polar surface area (TPSA) is 67.9 Å². The van der Waals surface area contributed by atoms with E-state index in [4.69, 9.17) is 9.47 Å². The molecule has 1 N–H and O–H groups in total. The van der Waals surface area contributed by atoms with Crippen LogP contribution in [0.5, 0.6) is 11.5 Å². The van der Waals surface area contributed by atoms with Crippen molar-refractivity contribution < 1.29 is 32.2 Å². The highest BCUT2D eigenvalue weighted by Gasteiger charge is 2.29. The molecular weight excluding hydrogens is 449 g/mol. The normalized spacial score (nSPS) is 14.6. The molecule has 184 valence electrons. The molecule has 34 heavy (non-hydrogen) atoms. The van der Waals surface area contributed by atoms with Gasteiger partial charge in [0.15, 0.2) is 18.1 Å². The number of hydrogen-bond acceptors (Lipinski definition) is 4. The zero-order valence-electron chi connectivity index (χ0n) is 19.3. The lowest BCUT2D eigenvalue weighted by Crippen LogP contribution is -2.46. The van der Waals surface area contributed by atoms with Gasteiger partial charge in [0.05, 0.1) is 7.11 Å². The smallest absolute Gasteiger partial charge is 0.422 e. The Morgan fingerprint density at radius 1 is 1.06 bits per heavy atom. The second kappa shape index (κ2) is 11.3. The molecule has 0 bridgehead atoms. The fraction of sp³-hybridized carbons (Fsp3) is 0.440. The van der Waals surface area contributed by atoms with Crippen LogP contribution in [0, 0.1) is 6.92 Å². The molecule has 2 aromatic carbocycles. The molecule has 2 amide bonds. The molecular formula is C25H29F3N2O4. The van der Waals surface area contributed by atoms with Crippen LogP contribution < -0.4 is 14.8 Å². The number of piperidine rings is 1. The lowest BCUT2D eigenvalue weighted by molar-refractivity contribution is -0.153. The number of aryl methyl sites for hydroxylation is 2. The van der Waals surface area contributed by atoms with Crippen molar-refractivity contribution in [2.45, 2.75) is 44.8 Å². The molecule has 1 aliphatic heterocycles. The van der Waals surface area contributed by atoms with Crippen molar-refractivity contribution in [1.29, 1.82) is 0 Å². The molecule has 2 aromatic rings. The number of nitrogens with zero attached hydrogens (tertiary/aromatic N) is 1. The number of amides is 2. The summed E-state index contributed by atoms with van der Waals surface area (Å²) in [6, 6.07) is 12.1. The summed E-state index contributed by atoms with van der Waals surface area (Å²) in [7, 11) is 1.35. The summed E-state index contributed by atoms with van der Waals surface area (Å²) in [6.07, 6.45) is -2.43. The van der Waals surface area contributed by atoms with Gasteiger partial charge in [-0.15, -0.1) is 0 Å².